The van der Waals surface area contributed by atoms with Gasteiger partial charge in [-0.1, -0.05) is 38.1 Å². The van der Waals surface area contributed by atoms with Gasteiger partial charge in [0.1, 0.15) is 0 Å². The van der Waals surface area contributed by atoms with Crippen molar-refractivity contribution in [2.75, 3.05) is 20.1 Å². The van der Waals surface area contributed by atoms with Crippen LogP contribution in [0.2, 0.25) is 0 Å². The van der Waals surface area contributed by atoms with Crippen LogP contribution in [0.1, 0.15) is 50.3 Å². The molecule has 0 saturated carbocycles. The van der Waals surface area contributed by atoms with E-state index >= 15 is 0 Å². The minimum absolute atomic E-state index is 0.496. The quantitative estimate of drug-likeness (QED) is 0.878. The molecule has 1 aliphatic rings. The highest BCUT2D eigenvalue weighted by atomic mass is 15.2. The lowest BCUT2D eigenvalue weighted by molar-refractivity contribution is 0.197. The summed E-state index contributed by atoms with van der Waals surface area (Å²) in [5, 5.41) is 3.44. The van der Waals surface area contributed by atoms with Crippen molar-refractivity contribution in [1.29, 1.82) is 0 Å². The minimum Gasteiger partial charge on any atom is -0.315 e. The zero-order valence-corrected chi connectivity index (χ0v) is 12.1. The first-order valence-electron chi connectivity index (χ1n) is 7.12. The molecule has 18 heavy (non-hydrogen) atoms. The van der Waals surface area contributed by atoms with Crippen molar-refractivity contribution in [3.05, 3.63) is 35.4 Å². The standard InChI is InChI=1S/C16H26N2/c1-12(2)14-5-7-15(8-6-14)13(3)18(4)16-9-10-17-11-16/h5-8,12-13,16-17H,9-11H2,1-4H3. The molecule has 0 spiro atoms. The van der Waals surface area contributed by atoms with Crippen LogP contribution in [-0.2, 0) is 0 Å². The molecule has 1 aromatic carbocycles. The van der Waals surface area contributed by atoms with Crippen LogP contribution in [0.3, 0.4) is 0 Å². The van der Waals surface area contributed by atoms with Gasteiger partial charge in [0.25, 0.3) is 0 Å². The number of nitrogens with one attached hydrogen (secondary N) is 1. The first kappa shape index (κ1) is 13.6. The third kappa shape index (κ3) is 2.93. The lowest BCUT2D eigenvalue weighted by atomic mass is 9.98. The maximum absolute atomic E-state index is 3.44. The van der Waals surface area contributed by atoms with Crippen molar-refractivity contribution in [2.45, 2.75) is 45.2 Å². The Kier molecular flexibility index (Phi) is 4.41. The Morgan fingerprint density at radius 2 is 1.72 bits per heavy atom. The number of benzene rings is 1. The van der Waals surface area contributed by atoms with Crippen molar-refractivity contribution in [1.82, 2.24) is 10.2 Å². The second-order valence-electron chi connectivity index (χ2n) is 5.81. The van der Waals surface area contributed by atoms with Crippen LogP contribution in [0.4, 0.5) is 0 Å². The SMILES string of the molecule is CC(C)c1ccc(C(C)N(C)C2CCNC2)cc1. The molecule has 1 aromatic rings. The first-order chi connectivity index (χ1) is 8.59. The van der Waals surface area contributed by atoms with Gasteiger partial charge in [0.15, 0.2) is 0 Å². The van der Waals surface area contributed by atoms with E-state index in [1.807, 2.05) is 0 Å². The lowest BCUT2D eigenvalue weighted by Gasteiger charge is -2.30. The van der Waals surface area contributed by atoms with Gasteiger partial charge in [0, 0.05) is 18.6 Å². The number of nitrogens with zero attached hydrogens (tertiary/aromatic N) is 1. The first-order valence-corrected chi connectivity index (χ1v) is 7.12. The van der Waals surface area contributed by atoms with Crippen LogP contribution in [0.5, 0.6) is 0 Å². The molecular weight excluding hydrogens is 220 g/mol. The van der Waals surface area contributed by atoms with E-state index in [1.54, 1.807) is 0 Å². The summed E-state index contributed by atoms with van der Waals surface area (Å²) in [5.74, 6) is 0.617. The number of hydrogen-bond donors (Lipinski definition) is 1. The largest absolute Gasteiger partial charge is 0.315 e. The Balaban J connectivity index is 2.05. The second-order valence-corrected chi connectivity index (χ2v) is 5.81. The van der Waals surface area contributed by atoms with Crippen LogP contribution in [0.25, 0.3) is 0 Å². The predicted octanol–water partition coefficient (Wildman–Crippen LogP) is 3.16. The fourth-order valence-electron chi connectivity index (χ4n) is 2.70. The normalized spacial score (nSPS) is 21.8. The summed E-state index contributed by atoms with van der Waals surface area (Å²) in [6.45, 7) is 9.09. The Morgan fingerprint density at radius 1 is 1.11 bits per heavy atom. The Morgan fingerprint density at radius 3 is 2.22 bits per heavy atom. The van der Waals surface area contributed by atoms with Crippen molar-refractivity contribution < 1.29 is 0 Å². The van der Waals surface area contributed by atoms with Gasteiger partial charge >= 0.3 is 0 Å². The number of hydrogen-bond acceptors (Lipinski definition) is 2. The molecule has 0 bridgehead atoms. The smallest absolute Gasteiger partial charge is 0.0320 e. The maximum atomic E-state index is 3.44. The molecule has 0 radical (unpaired) electrons. The van der Waals surface area contributed by atoms with E-state index in [9.17, 15) is 0 Å². The fourth-order valence-corrected chi connectivity index (χ4v) is 2.70. The highest BCUT2D eigenvalue weighted by Gasteiger charge is 2.23. The Labute approximate surface area is 111 Å². The van der Waals surface area contributed by atoms with E-state index in [-0.39, 0.29) is 0 Å². The molecule has 1 N–H and O–H groups in total. The third-order valence-electron chi connectivity index (χ3n) is 4.31. The fraction of sp³-hybridized carbons (Fsp3) is 0.625. The average molecular weight is 246 g/mol. The van der Waals surface area contributed by atoms with E-state index in [4.69, 9.17) is 0 Å². The zero-order valence-electron chi connectivity index (χ0n) is 12.1. The van der Waals surface area contributed by atoms with Crippen LogP contribution in [-0.4, -0.2) is 31.1 Å². The summed E-state index contributed by atoms with van der Waals surface area (Å²) in [5.41, 5.74) is 2.85. The summed E-state index contributed by atoms with van der Waals surface area (Å²) >= 11 is 0. The molecule has 0 amide bonds. The van der Waals surface area contributed by atoms with Crippen molar-refractivity contribution in [3.8, 4) is 0 Å². The van der Waals surface area contributed by atoms with Gasteiger partial charge in [-0.2, -0.15) is 0 Å². The van der Waals surface area contributed by atoms with Gasteiger partial charge in [-0.15, -0.1) is 0 Å². The molecule has 0 aliphatic carbocycles. The number of rotatable bonds is 4. The lowest BCUT2D eigenvalue weighted by Crippen LogP contribution is -2.35. The molecule has 1 heterocycles. The number of likely N-dealkylation sites (N-methyl/N-ethyl adjacent to an activating group) is 1. The molecule has 100 valence electrons. The highest BCUT2D eigenvalue weighted by molar-refractivity contribution is 5.26. The van der Waals surface area contributed by atoms with Crippen LogP contribution < -0.4 is 5.32 Å². The maximum Gasteiger partial charge on any atom is 0.0320 e. The van der Waals surface area contributed by atoms with Crippen molar-refractivity contribution in [3.63, 3.8) is 0 Å². The molecule has 1 aliphatic heterocycles. The van der Waals surface area contributed by atoms with Gasteiger partial charge in [-0.25, -0.2) is 0 Å². The summed E-state index contributed by atoms with van der Waals surface area (Å²) in [6, 6.07) is 10.3. The monoisotopic (exact) mass is 246 g/mol. The summed E-state index contributed by atoms with van der Waals surface area (Å²) in [4.78, 5) is 2.50. The van der Waals surface area contributed by atoms with Crippen LogP contribution in [0, 0.1) is 0 Å². The topological polar surface area (TPSA) is 15.3 Å². The Hall–Kier alpha value is -0.860. The predicted molar refractivity (Wildman–Crippen MR) is 78.0 cm³/mol. The molecule has 0 aromatic heterocycles. The minimum atomic E-state index is 0.496. The molecule has 1 fully saturated rings. The van der Waals surface area contributed by atoms with E-state index in [0.29, 0.717) is 18.0 Å². The average Bonchev–Trinajstić information content (AvgIpc) is 2.91. The molecule has 2 nitrogen and oxygen atoms in total. The van der Waals surface area contributed by atoms with Crippen molar-refractivity contribution >= 4 is 0 Å². The molecule has 2 rings (SSSR count). The van der Waals surface area contributed by atoms with E-state index in [2.05, 4.69) is 62.3 Å². The molecule has 2 unspecified atom stereocenters. The van der Waals surface area contributed by atoms with Crippen LogP contribution >= 0.6 is 0 Å². The summed E-state index contributed by atoms with van der Waals surface area (Å²) < 4.78 is 0. The van der Waals surface area contributed by atoms with Gasteiger partial charge in [0.05, 0.1) is 0 Å². The Bertz CT molecular complexity index is 363. The summed E-state index contributed by atoms with van der Waals surface area (Å²) in [7, 11) is 2.25. The van der Waals surface area contributed by atoms with E-state index in [0.717, 1.165) is 13.1 Å². The van der Waals surface area contributed by atoms with E-state index in [1.165, 1.54) is 17.5 Å². The van der Waals surface area contributed by atoms with Crippen molar-refractivity contribution in [2.24, 2.45) is 0 Å². The molecule has 1 saturated heterocycles. The molecular formula is C16H26N2. The van der Waals surface area contributed by atoms with Gasteiger partial charge in [0.2, 0.25) is 0 Å². The van der Waals surface area contributed by atoms with Crippen LogP contribution in [0.15, 0.2) is 24.3 Å². The summed E-state index contributed by atoms with van der Waals surface area (Å²) in [6.07, 6.45) is 1.27. The second kappa shape index (κ2) is 5.85. The van der Waals surface area contributed by atoms with E-state index < -0.39 is 0 Å². The molecule has 2 atom stereocenters. The zero-order chi connectivity index (χ0) is 13.1. The van der Waals surface area contributed by atoms with Gasteiger partial charge in [-0.3, -0.25) is 4.90 Å². The molecule has 2 heteroatoms. The van der Waals surface area contributed by atoms with Gasteiger partial charge < -0.3 is 5.32 Å². The van der Waals surface area contributed by atoms with Gasteiger partial charge in [-0.05, 0) is 44.0 Å². The third-order valence-corrected chi connectivity index (χ3v) is 4.31. The highest BCUT2D eigenvalue weighted by Crippen LogP contribution is 2.24.